The van der Waals surface area contributed by atoms with Crippen molar-refractivity contribution in [2.24, 2.45) is 5.92 Å². The van der Waals surface area contributed by atoms with E-state index in [0.29, 0.717) is 5.02 Å². The van der Waals surface area contributed by atoms with Crippen molar-refractivity contribution in [1.82, 2.24) is 0 Å². The lowest BCUT2D eigenvalue weighted by Crippen LogP contribution is -2.37. The number of carbonyl (C=O) groups excluding carboxylic acids is 2. The highest BCUT2D eigenvalue weighted by atomic mass is 35.5. The minimum Gasteiger partial charge on any atom is -0.273 e. The smallest absolute Gasteiger partial charge is 0.266 e. The number of fused-ring (bicyclic) bond motifs is 1. The highest BCUT2D eigenvalue weighted by Gasteiger charge is 2.60. The maximum atomic E-state index is 13.6. The quantitative estimate of drug-likeness (QED) is 0.458. The molecule has 0 spiro atoms. The molecule has 0 saturated carbocycles. The molecular formula is C23H15Cl3N2O3. The monoisotopic (exact) mass is 472 g/mol. The summed E-state index contributed by atoms with van der Waals surface area (Å²) >= 11 is 18.7. The number of benzene rings is 3. The Morgan fingerprint density at radius 2 is 1.39 bits per heavy atom. The minimum atomic E-state index is -0.999. The molecule has 156 valence electrons. The van der Waals surface area contributed by atoms with Gasteiger partial charge >= 0.3 is 0 Å². The highest BCUT2D eigenvalue weighted by Crippen LogP contribution is 2.49. The van der Waals surface area contributed by atoms with Crippen molar-refractivity contribution < 1.29 is 14.4 Å². The van der Waals surface area contributed by atoms with E-state index in [1.54, 1.807) is 35.4 Å². The van der Waals surface area contributed by atoms with Gasteiger partial charge in [0.1, 0.15) is 5.92 Å². The van der Waals surface area contributed by atoms with Gasteiger partial charge in [0.2, 0.25) is 5.91 Å². The van der Waals surface area contributed by atoms with Crippen LogP contribution in [0.15, 0.2) is 72.8 Å². The lowest BCUT2D eigenvalue weighted by molar-refractivity contribution is -0.126. The van der Waals surface area contributed by atoms with Crippen LogP contribution in [0.3, 0.4) is 0 Å². The third kappa shape index (κ3) is 3.29. The van der Waals surface area contributed by atoms with E-state index in [4.69, 9.17) is 39.6 Å². The number of imide groups is 1. The Labute approximate surface area is 193 Å². The SMILES string of the molecule is O=C1[C@H]2[C@@H](ON(c3ccccc3)[C@H]2c2ccc(Cl)cc2)C(=O)N1c1c(Cl)cccc1Cl. The van der Waals surface area contributed by atoms with Gasteiger partial charge in [0.15, 0.2) is 6.10 Å². The fraction of sp³-hybridized carbons (Fsp3) is 0.130. The Kier molecular flexibility index (Phi) is 5.15. The molecule has 0 aliphatic carbocycles. The van der Waals surface area contributed by atoms with Gasteiger partial charge in [-0.05, 0) is 42.0 Å². The molecule has 3 atom stereocenters. The number of hydrogen-bond acceptors (Lipinski definition) is 4. The molecule has 2 aliphatic rings. The van der Waals surface area contributed by atoms with Gasteiger partial charge in [0.25, 0.3) is 5.91 Å². The minimum absolute atomic E-state index is 0.181. The average Bonchev–Trinajstić information content (AvgIpc) is 3.27. The van der Waals surface area contributed by atoms with Gasteiger partial charge in [0, 0.05) is 5.02 Å². The molecule has 2 saturated heterocycles. The molecule has 8 heteroatoms. The number of hydrogen-bond donors (Lipinski definition) is 0. The fourth-order valence-electron chi connectivity index (χ4n) is 4.14. The Morgan fingerprint density at radius 1 is 0.742 bits per heavy atom. The number of rotatable bonds is 3. The largest absolute Gasteiger partial charge is 0.273 e. The van der Waals surface area contributed by atoms with Crippen molar-refractivity contribution in [2.75, 3.05) is 9.96 Å². The van der Waals surface area contributed by atoms with Gasteiger partial charge in [-0.25, -0.2) is 9.96 Å². The van der Waals surface area contributed by atoms with E-state index in [9.17, 15) is 9.59 Å². The second-order valence-corrected chi connectivity index (χ2v) is 8.54. The first-order valence-corrected chi connectivity index (χ1v) is 10.7. The van der Waals surface area contributed by atoms with Gasteiger partial charge in [-0.3, -0.25) is 14.4 Å². The van der Waals surface area contributed by atoms with E-state index in [1.165, 1.54) is 0 Å². The zero-order valence-corrected chi connectivity index (χ0v) is 18.2. The maximum Gasteiger partial charge on any atom is 0.266 e. The molecular weight excluding hydrogens is 459 g/mol. The predicted molar refractivity (Wildman–Crippen MR) is 120 cm³/mol. The Hall–Kier alpha value is -2.57. The van der Waals surface area contributed by atoms with Crippen LogP contribution in [0.25, 0.3) is 0 Å². The summed E-state index contributed by atoms with van der Waals surface area (Å²) in [5.41, 5.74) is 1.72. The first-order chi connectivity index (χ1) is 15.0. The molecule has 0 radical (unpaired) electrons. The van der Waals surface area contributed by atoms with Gasteiger partial charge < -0.3 is 0 Å². The van der Waals surface area contributed by atoms with Gasteiger partial charge in [-0.15, -0.1) is 0 Å². The van der Waals surface area contributed by atoms with Crippen molar-refractivity contribution >= 4 is 58.0 Å². The Bertz CT molecular complexity index is 1150. The highest BCUT2D eigenvalue weighted by molar-refractivity contribution is 6.42. The van der Waals surface area contributed by atoms with Crippen LogP contribution < -0.4 is 9.96 Å². The van der Waals surface area contributed by atoms with Crippen LogP contribution in [-0.2, 0) is 14.4 Å². The number of para-hydroxylation sites is 2. The number of halogens is 3. The van der Waals surface area contributed by atoms with Gasteiger partial charge in [-0.1, -0.05) is 71.2 Å². The Balaban J connectivity index is 1.61. The normalized spacial score (nSPS) is 22.9. The van der Waals surface area contributed by atoms with Crippen LogP contribution in [0, 0.1) is 5.92 Å². The van der Waals surface area contributed by atoms with E-state index in [-0.39, 0.29) is 15.7 Å². The van der Waals surface area contributed by atoms with E-state index < -0.39 is 29.9 Å². The molecule has 5 nitrogen and oxygen atoms in total. The molecule has 2 heterocycles. The number of hydroxylamine groups is 1. The fourth-order valence-corrected chi connectivity index (χ4v) is 4.83. The molecule has 2 amide bonds. The molecule has 3 aromatic carbocycles. The van der Waals surface area contributed by atoms with Crippen LogP contribution in [0.2, 0.25) is 15.1 Å². The van der Waals surface area contributed by atoms with Crippen molar-refractivity contribution in [3.05, 3.63) is 93.4 Å². The zero-order chi connectivity index (χ0) is 21.7. The third-order valence-corrected chi connectivity index (χ3v) is 6.36. The number of nitrogens with zero attached hydrogens (tertiary/aromatic N) is 2. The molecule has 0 bridgehead atoms. The molecule has 2 aliphatic heterocycles. The molecule has 0 unspecified atom stereocenters. The average molecular weight is 474 g/mol. The third-order valence-electron chi connectivity index (χ3n) is 5.50. The molecule has 5 rings (SSSR count). The maximum absolute atomic E-state index is 13.6. The zero-order valence-electron chi connectivity index (χ0n) is 15.9. The van der Waals surface area contributed by atoms with Gasteiger partial charge in [-0.2, -0.15) is 0 Å². The van der Waals surface area contributed by atoms with Crippen molar-refractivity contribution in [1.29, 1.82) is 0 Å². The summed E-state index contributed by atoms with van der Waals surface area (Å²) in [7, 11) is 0. The number of amides is 2. The van der Waals surface area contributed by atoms with E-state index in [1.807, 2.05) is 42.5 Å². The molecule has 0 aromatic heterocycles. The van der Waals surface area contributed by atoms with Crippen LogP contribution >= 0.6 is 34.8 Å². The lowest BCUT2D eigenvalue weighted by Gasteiger charge is -2.29. The van der Waals surface area contributed by atoms with E-state index in [2.05, 4.69) is 0 Å². The van der Waals surface area contributed by atoms with E-state index >= 15 is 0 Å². The summed E-state index contributed by atoms with van der Waals surface area (Å²) in [5, 5.41) is 2.64. The van der Waals surface area contributed by atoms with Crippen LogP contribution in [0.4, 0.5) is 11.4 Å². The van der Waals surface area contributed by atoms with Crippen molar-refractivity contribution in [3.8, 4) is 0 Å². The summed E-state index contributed by atoms with van der Waals surface area (Å²) in [6, 6.07) is 20.8. The summed E-state index contributed by atoms with van der Waals surface area (Å²) in [5.74, 6) is -1.69. The van der Waals surface area contributed by atoms with Crippen molar-refractivity contribution in [2.45, 2.75) is 12.1 Å². The van der Waals surface area contributed by atoms with Gasteiger partial charge in [0.05, 0.1) is 27.5 Å². The van der Waals surface area contributed by atoms with Crippen LogP contribution in [0.1, 0.15) is 11.6 Å². The predicted octanol–water partition coefficient (Wildman–Crippen LogP) is 5.70. The second kappa shape index (κ2) is 7.84. The lowest BCUT2D eigenvalue weighted by atomic mass is 9.90. The van der Waals surface area contributed by atoms with E-state index in [0.717, 1.165) is 16.2 Å². The molecule has 3 aromatic rings. The summed E-state index contributed by atoms with van der Waals surface area (Å²) < 4.78 is 0. The molecule has 0 N–H and O–H groups in total. The first-order valence-electron chi connectivity index (χ1n) is 9.55. The summed E-state index contributed by atoms with van der Waals surface area (Å²) in [4.78, 5) is 34.0. The number of carbonyl (C=O) groups is 2. The van der Waals surface area contributed by atoms with Crippen molar-refractivity contribution in [3.63, 3.8) is 0 Å². The van der Waals surface area contributed by atoms with Crippen LogP contribution in [-0.4, -0.2) is 17.9 Å². The summed E-state index contributed by atoms with van der Waals surface area (Å²) in [6.07, 6.45) is -0.999. The Morgan fingerprint density at radius 3 is 2.03 bits per heavy atom. The standard InChI is InChI=1S/C23H15Cl3N2O3/c24-14-11-9-13(10-12-14)19-18-21(31-28(19)15-5-2-1-3-6-15)23(30)27(22(18)29)20-16(25)7-4-8-17(20)26/h1-12,18-19,21H/t18-,19+,21-/m1/s1. The molecule has 31 heavy (non-hydrogen) atoms. The molecule has 2 fully saturated rings. The first kappa shape index (κ1) is 20.3. The van der Waals surface area contributed by atoms with Crippen LogP contribution in [0.5, 0.6) is 0 Å². The second-order valence-electron chi connectivity index (χ2n) is 7.29. The topological polar surface area (TPSA) is 49.9 Å². The number of anilines is 2. The summed E-state index contributed by atoms with van der Waals surface area (Å²) in [6.45, 7) is 0.